The molecule has 0 spiro atoms. The molecule has 0 radical (unpaired) electrons. The van der Waals surface area contributed by atoms with Crippen LogP contribution in [-0.2, 0) is 38.6 Å². The van der Waals surface area contributed by atoms with Gasteiger partial charge in [-0.2, -0.15) is 0 Å². The third-order valence-corrected chi connectivity index (χ3v) is 7.97. The number of fused-ring (bicyclic) bond motifs is 3. The maximum Gasteiger partial charge on any atom is 0.407 e. The van der Waals surface area contributed by atoms with Gasteiger partial charge in [0.2, 0.25) is 5.91 Å². The summed E-state index contributed by atoms with van der Waals surface area (Å²) < 4.78 is 11.3. The second-order valence-corrected chi connectivity index (χ2v) is 10.9. The Balaban J connectivity index is 1.08. The number of carbonyl (C=O) groups excluding carboxylic acids is 2. The number of alkyl carbamates (subject to hydrolysis) is 1. The van der Waals surface area contributed by atoms with E-state index in [2.05, 4.69) is 39.9 Å². The van der Waals surface area contributed by atoms with Crippen LogP contribution >= 0.6 is 11.3 Å². The third-order valence-electron chi connectivity index (χ3n) is 7.08. The molecule has 4 aromatic rings. The van der Waals surface area contributed by atoms with Crippen molar-refractivity contribution in [2.24, 2.45) is 0 Å². The van der Waals surface area contributed by atoms with Gasteiger partial charge < -0.3 is 25.2 Å². The Labute approximate surface area is 247 Å². The van der Waals surface area contributed by atoms with Crippen molar-refractivity contribution in [2.45, 2.75) is 44.6 Å². The number of amides is 2. The molecule has 3 aromatic carbocycles. The van der Waals surface area contributed by atoms with Gasteiger partial charge in [-0.05, 0) is 34.7 Å². The standard InChI is InChI=1S/C32H31N3O6S/c1-20(40-17-21-9-3-2-4-10-21)30(31(37)38)35-28(36)15-22-19-42-29(34-22)16-33-32(39)41-18-27-25-13-7-5-11-23(25)24-12-6-8-14-26(24)27/h2-14,19-20,27,30H,15-18H2,1H3,(H,33,39)(H,35,36)(H,37,38)/t20-,30+/m0/s1. The van der Waals surface area contributed by atoms with Crippen molar-refractivity contribution in [1.29, 1.82) is 0 Å². The molecule has 0 saturated carbocycles. The van der Waals surface area contributed by atoms with Crippen LogP contribution in [0.5, 0.6) is 0 Å². The second kappa shape index (κ2) is 13.4. The zero-order valence-corrected chi connectivity index (χ0v) is 23.8. The van der Waals surface area contributed by atoms with E-state index in [1.807, 2.05) is 54.6 Å². The predicted molar refractivity (Wildman–Crippen MR) is 158 cm³/mol. The number of aliphatic carboxylic acids is 1. The number of hydrogen-bond donors (Lipinski definition) is 3. The summed E-state index contributed by atoms with van der Waals surface area (Å²) >= 11 is 1.29. The van der Waals surface area contributed by atoms with E-state index in [9.17, 15) is 19.5 Å². The topological polar surface area (TPSA) is 127 Å². The van der Waals surface area contributed by atoms with Crippen molar-refractivity contribution in [3.63, 3.8) is 0 Å². The van der Waals surface area contributed by atoms with Gasteiger partial charge >= 0.3 is 12.1 Å². The van der Waals surface area contributed by atoms with E-state index in [4.69, 9.17) is 9.47 Å². The van der Waals surface area contributed by atoms with Crippen LogP contribution in [0.1, 0.15) is 40.2 Å². The predicted octanol–water partition coefficient (Wildman–Crippen LogP) is 4.90. The van der Waals surface area contributed by atoms with Gasteiger partial charge in [-0.15, -0.1) is 11.3 Å². The van der Waals surface area contributed by atoms with E-state index >= 15 is 0 Å². The monoisotopic (exact) mass is 585 g/mol. The number of rotatable bonds is 12. The number of carboxylic acid groups (broad SMARTS) is 1. The number of aromatic nitrogens is 1. The SMILES string of the molecule is C[C@H](OCc1ccccc1)[C@@H](NC(=O)Cc1csc(CNC(=O)OCC2c3ccccc3-c3ccccc32)n1)C(=O)O. The number of benzene rings is 3. The molecule has 2 amide bonds. The number of ether oxygens (including phenoxy) is 2. The van der Waals surface area contributed by atoms with Crippen molar-refractivity contribution in [3.8, 4) is 11.1 Å². The number of nitrogens with zero attached hydrogens (tertiary/aromatic N) is 1. The van der Waals surface area contributed by atoms with Gasteiger partial charge in [0.1, 0.15) is 11.6 Å². The first-order valence-electron chi connectivity index (χ1n) is 13.6. The molecule has 0 bridgehead atoms. The summed E-state index contributed by atoms with van der Waals surface area (Å²) in [5.74, 6) is -1.71. The van der Waals surface area contributed by atoms with Crippen LogP contribution in [0, 0.1) is 0 Å². The van der Waals surface area contributed by atoms with Crippen LogP contribution in [0.15, 0.2) is 84.2 Å². The molecule has 2 atom stereocenters. The molecule has 0 saturated heterocycles. The van der Waals surface area contributed by atoms with Gasteiger partial charge in [0.05, 0.1) is 31.4 Å². The average Bonchev–Trinajstić information content (AvgIpc) is 3.58. The Morgan fingerprint density at radius 3 is 2.26 bits per heavy atom. The summed E-state index contributed by atoms with van der Waals surface area (Å²) in [5, 5.41) is 17.2. The number of carbonyl (C=O) groups is 3. The minimum Gasteiger partial charge on any atom is -0.480 e. The quantitative estimate of drug-likeness (QED) is 0.216. The lowest BCUT2D eigenvalue weighted by atomic mass is 9.98. The Morgan fingerprint density at radius 1 is 0.952 bits per heavy atom. The average molecular weight is 586 g/mol. The molecular formula is C32H31N3O6S. The third kappa shape index (κ3) is 7.02. The maximum atomic E-state index is 12.6. The van der Waals surface area contributed by atoms with E-state index in [-0.39, 0.29) is 32.1 Å². The summed E-state index contributed by atoms with van der Waals surface area (Å²) in [6, 6.07) is 24.4. The highest BCUT2D eigenvalue weighted by atomic mass is 32.1. The lowest BCUT2D eigenvalue weighted by Gasteiger charge is -2.22. The molecule has 3 N–H and O–H groups in total. The first kappa shape index (κ1) is 29.0. The van der Waals surface area contributed by atoms with Crippen molar-refractivity contribution in [2.75, 3.05) is 6.61 Å². The van der Waals surface area contributed by atoms with Crippen molar-refractivity contribution in [1.82, 2.24) is 15.6 Å². The minimum atomic E-state index is -1.21. The first-order chi connectivity index (χ1) is 20.4. The Morgan fingerprint density at radius 2 is 1.60 bits per heavy atom. The first-order valence-corrected chi connectivity index (χ1v) is 14.5. The zero-order chi connectivity index (χ0) is 29.5. The van der Waals surface area contributed by atoms with Crippen LogP contribution in [0.2, 0.25) is 0 Å². The molecule has 0 unspecified atom stereocenters. The molecule has 0 fully saturated rings. The number of nitrogens with one attached hydrogen (secondary N) is 2. The zero-order valence-electron chi connectivity index (χ0n) is 23.0. The van der Waals surface area contributed by atoms with E-state index in [0.29, 0.717) is 10.7 Å². The van der Waals surface area contributed by atoms with Crippen LogP contribution in [0.4, 0.5) is 4.79 Å². The molecule has 1 heterocycles. The highest BCUT2D eigenvalue weighted by Crippen LogP contribution is 2.44. The van der Waals surface area contributed by atoms with E-state index in [1.165, 1.54) is 11.3 Å². The van der Waals surface area contributed by atoms with E-state index < -0.39 is 30.1 Å². The molecule has 1 aliphatic carbocycles. The molecule has 5 rings (SSSR count). The highest BCUT2D eigenvalue weighted by molar-refractivity contribution is 7.09. The fraction of sp³-hybridized carbons (Fsp3) is 0.250. The van der Waals surface area contributed by atoms with Crippen LogP contribution in [0.25, 0.3) is 11.1 Å². The summed E-state index contributed by atoms with van der Waals surface area (Å²) in [6.45, 7) is 2.19. The lowest BCUT2D eigenvalue weighted by molar-refractivity contribution is -0.146. The summed E-state index contributed by atoms with van der Waals surface area (Å²) in [6.07, 6.45) is -1.41. The molecule has 42 heavy (non-hydrogen) atoms. The maximum absolute atomic E-state index is 12.6. The normalized spacial score (nSPS) is 13.5. The van der Waals surface area contributed by atoms with Crippen molar-refractivity contribution in [3.05, 3.63) is 112 Å². The molecule has 1 aromatic heterocycles. The Hall–Kier alpha value is -4.54. The van der Waals surface area contributed by atoms with E-state index in [1.54, 1.807) is 12.3 Å². The molecule has 0 aliphatic heterocycles. The smallest absolute Gasteiger partial charge is 0.407 e. The number of thiazole rings is 1. The van der Waals surface area contributed by atoms with Gasteiger partial charge in [0, 0.05) is 11.3 Å². The lowest BCUT2D eigenvalue weighted by Crippen LogP contribution is -2.49. The molecular weight excluding hydrogens is 554 g/mol. The van der Waals surface area contributed by atoms with Gasteiger partial charge in [-0.1, -0.05) is 78.9 Å². The Bertz CT molecular complexity index is 1510. The van der Waals surface area contributed by atoms with Gasteiger partial charge in [-0.3, -0.25) is 4.79 Å². The molecule has 1 aliphatic rings. The molecule has 10 heteroatoms. The van der Waals surface area contributed by atoms with Gasteiger partial charge in [0.15, 0.2) is 6.04 Å². The van der Waals surface area contributed by atoms with Crippen LogP contribution in [0.3, 0.4) is 0 Å². The van der Waals surface area contributed by atoms with Crippen LogP contribution < -0.4 is 10.6 Å². The molecule has 9 nitrogen and oxygen atoms in total. The van der Waals surface area contributed by atoms with Gasteiger partial charge in [-0.25, -0.2) is 14.6 Å². The van der Waals surface area contributed by atoms with Crippen molar-refractivity contribution < 1.29 is 29.0 Å². The Kier molecular flexibility index (Phi) is 9.25. The number of carboxylic acids is 1. The van der Waals surface area contributed by atoms with Gasteiger partial charge in [0.25, 0.3) is 0 Å². The fourth-order valence-corrected chi connectivity index (χ4v) is 5.71. The largest absolute Gasteiger partial charge is 0.480 e. The molecule has 216 valence electrons. The summed E-state index contributed by atoms with van der Waals surface area (Å²) in [4.78, 5) is 41.3. The minimum absolute atomic E-state index is 0.0331. The van der Waals surface area contributed by atoms with E-state index in [0.717, 1.165) is 27.8 Å². The summed E-state index contributed by atoms with van der Waals surface area (Å²) in [5.41, 5.74) is 5.97. The fourth-order valence-electron chi connectivity index (χ4n) is 4.98. The second-order valence-electron chi connectivity index (χ2n) is 9.97. The highest BCUT2D eigenvalue weighted by Gasteiger charge is 2.29. The number of hydrogen-bond acceptors (Lipinski definition) is 7. The van der Waals surface area contributed by atoms with Crippen LogP contribution in [-0.4, -0.2) is 46.8 Å². The summed E-state index contributed by atoms with van der Waals surface area (Å²) in [7, 11) is 0. The van der Waals surface area contributed by atoms with Crippen molar-refractivity contribution >= 4 is 29.3 Å².